The summed E-state index contributed by atoms with van der Waals surface area (Å²) in [6.07, 6.45) is -0.316. The van der Waals surface area contributed by atoms with Crippen LogP contribution in [0.1, 0.15) is 15.9 Å². The number of ether oxygens (including phenoxy) is 2. The molecular formula is C15H19NO4S2. The topological polar surface area (TPSA) is 64.6 Å². The second-order valence-corrected chi connectivity index (χ2v) is 7.73. The van der Waals surface area contributed by atoms with Crippen LogP contribution in [0.5, 0.6) is 5.75 Å². The Morgan fingerprint density at radius 2 is 1.91 bits per heavy atom. The van der Waals surface area contributed by atoms with Crippen LogP contribution in [0.15, 0.2) is 41.3 Å². The van der Waals surface area contributed by atoms with Crippen LogP contribution < -0.4 is 9.46 Å². The predicted molar refractivity (Wildman–Crippen MR) is 87.0 cm³/mol. The first-order valence-electron chi connectivity index (χ1n) is 6.69. The van der Waals surface area contributed by atoms with Gasteiger partial charge in [0, 0.05) is 23.4 Å². The fourth-order valence-corrected chi connectivity index (χ4v) is 4.19. The average Bonchev–Trinajstić information content (AvgIpc) is 2.94. The van der Waals surface area contributed by atoms with E-state index in [1.807, 2.05) is 19.1 Å². The van der Waals surface area contributed by atoms with E-state index in [0.717, 1.165) is 9.75 Å². The summed E-state index contributed by atoms with van der Waals surface area (Å²) in [6, 6.07) is 10.5. The molecule has 120 valence electrons. The Bertz CT molecular complexity index is 725. The lowest BCUT2D eigenvalue weighted by Crippen LogP contribution is -2.29. The van der Waals surface area contributed by atoms with Crippen LogP contribution in [0, 0.1) is 6.92 Å². The van der Waals surface area contributed by atoms with Crippen LogP contribution in [-0.2, 0) is 14.8 Å². The Morgan fingerprint density at radius 1 is 1.18 bits per heavy atom. The number of hydrogen-bond donors (Lipinski definition) is 1. The van der Waals surface area contributed by atoms with Gasteiger partial charge in [0.2, 0.25) is 10.0 Å². The average molecular weight is 341 g/mol. The number of nitrogens with one attached hydrogen (secondary N) is 1. The van der Waals surface area contributed by atoms with E-state index in [1.165, 1.54) is 13.2 Å². The van der Waals surface area contributed by atoms with Gasteiger partial charge >= 0.3 is 0 Å². The zero-order valence-electron chi connectivity index (χ0n) is 12.7. The lowest BCUT2D eigenvalue weighted by molar-refractivity contribution is 0.110. The van der Waals surface area contributed by atoms with Crippen molar-refractivity contribution in [3.8, 4) is 5.75 Å². The summed E-state index contributed by atoms with van der Waals surface area (Å²) in [5, 5.41) is 0. The molecule has 0 spiro atoms. The molecule has 0 bridgehead atoms. The quantitative estimate of drug-likeness (QED) is 0.841. The van der Waals surface area contributed by atoms with Gasteiger partial charge in [0.25, 0.3) is 0 Å². The van der Waals surface area contributed by atoms with Crippen molar-refractivity contribution in [2.75, 3.05) is 20.8 Å². The van der Waals surface area contributed by atoms with Crippen LogP contribution in [0.4, 0.5) is 0 Å². The number of methoxy groups -OCH3 is 2. The molecule has 1 atom stereocenters. The molecule has 0 aliphatic rings. The van der Waals surface area contributed by atoms with Crippen molar-refractivity contribution in [3.05, 3.63) is 46.2 Å². The van der Waals surface area contributed by atoms with Gasteiger partial charge in [-0.3, -0.25) is 0 Å². The van der Waals surface area contributed by atoms with Crippen LogP contribution in [0.3, 0.4) is 0 Å². The third-order valence-corrected chi connectivity index (χ3v) is 5.74. The zero-order chi connectivity index (χ0) is 16.2. The number of thiophene rings is 1. The maximum Gasteiger partial charge on any atom is 0.244 e. The Hall–Kier alpha value is -1.41. The number of benzene rings is 1. The van der Waals surface area contributed by atoms with Crippen LogP contribution >= 0.6 is 11.3 Å². The van der Waals surface area contributed by atoms with Gasteiger partial charge in [0.1, 0.15) is 16.7 Å². The highest BCUT2D eigenvalue weighted by molar-refractivity contribution is 7.89. The van der Waals surface area contributed by atoms with Gasteiger partial charge in [0.15, 0.2) is 0 Å². The van der Waals surface area contributed by atoms with E-state index < -0.39 is 10.0 Å². The monoisotopic (exact) mass is 341 g/mol. The Kier molecular flexibility index (Phi) is 5.57. The van der Waals surface area contributed by atoms with Gasteiger partial charge in [-0.1, -0.05) is 12.1 Å². The maximum absolute atomic E-state index is 12.4. The molecule has 0 saturated carbocycles. The van der Waals surface area contributed by atoms with Crippen LogP contribution in [0.25, 0.3) is 0 Å². The third-order valence-electron chi connectivity index (χ3n) is 3.18. The molecule has 1 heterocycles. The molecule has 2 aromatic rings. The standard InChI is InChI=1S/C15H19NO4S2/c1-11-8-9-14(21-11)13(20-3)10-16-22(17,18)15-7-5-4-6-12(15)19-2/h4-9,13,16H,10H2,1-3H3/t13-/m0/s1. The van der Waals surface area contributed by atoms with Crippen molar-refractivity contribution in [3.63, 3.8) is 0 Å². The molecule has 5 nitrogen and oxygen atoms in total. The van der Waals surface area contributed by atoms with Crippen LogP contribution in [-0.4, -0.2) is 29.2 Å². The second-order valence-electron chi connectivity index (χ2n) is 4.68. The van der Waals surface area contributed by atoms with Crippen molar-refractivity contribution in [2.24, 2.45) is 0 Å². The summed E-state index contributed by atoms with van der Waals surface area (Å²) >= 11 is 1.59. The highest BCUT2D eigenvalue weighted by Gasteiger charge is 2.21. The van der Waals surface area contributed by atoms with E-state index in [1.54, 1.807) is 36.6 Å². The smallest absolute Gasteiger partial charge is 0.244 e. The first kappa shape index (κ1) is 17.0. The van der Waals surface area contributed by atoms with Gasteiger partial charge in [-0.05, 0) is 31.2 Å². The molecule has 1 N–H and O–H groups in total. The van der Waals surface area contributed by atoms with E-state index in [9.17, 15) is 8.42 Å². The van der Waals surface area contributed by atoms with Crippen molar-refractivity contribution >= 4 is 21.4 Å². The second kappa shape index (κ2) is 7.23. The largest absolute Gasteiger partial charge is 0.495 e. The molecule has 0 aliphatic heterocycles. The number of aryl methyl sites for hydroxylation is 1. The molecule has 0 unspecified atom stereocenters. The molecule has 0 saturated heterocycles. The summed E-state index contributed by atoms with van der Waals surface area (Å²) in [7, 11) is -0.648. The predicted octanol–water partition coefficient (Wildman–Crippen LogP) is 2.73. The number of sulfonamides is 1. The number of rotatable bonds is 7. The number of hydrogen-bond acceptors (Lipinski definition) is 5. The van der Waals surface area contributed by atoms with E-state index >= 15 is 0 Å². The van der Waals surface area contributed by atoms with Crippen molar-refractivity contribution in [2.45, 2.75) is 17.9 Å². The summed E-state index contributed by atoms with van der Waals surface area (Å²) in [4.78, 5) is 2.27. The van der Waals surface area contributed by atoms with Gasteiger partial charge in [0.05, 0.1) is 7.11 Å². The van der Waals surface area contributed by atoms with E-state index in [0.29, 0.717) is 5.75 Å². The summed E-state index contributed by atoms with van der Waals surface area (Å²) in [6.45, 7) is 2.16. The molecule has 2 rings (SSSR count). The summed E-state index contributed by atoms with van der Waals surface area (Å²) in [5.74, 6) is 0.316. The lowest BCUT2D eigenvalue weighted by Gasteiger charge is -2.16. The van der Waals surface area contributed by atoms with Gasteiger partial charge in [-0.15, -0.1) is 11.3 Å². The fourth-order valence-electron chi connectivity index (χ4n) is 2.03. The minimum Gasteiger partial charge on any atom is -0.495 e. The molecule has 0 aliphatic carbocycles. The van der Waals surface area contributed by atoms with Gasteiger partial charge in [-0.25, -0.2) is 13.1 Å². The SMILES string of the molecule is COc1ccccc1S(=O)(=O)NC[C@H](OC)c1ccc(C)s1. The molecule has 1 aromatic heterocycles. The minimum absolute atomic E-state index is 0.120. The lowest BCUT2D eigenvalue weighted by atomic mass is 10.3. The Labute approximate surface area is 134 Å². The zero-order valence-corrected chi connectivity index (χ0v) is 14.3. The summed E-state index contributed by atoms with van der Waals surface area (Å²) in [5.41, 5.74) is 0. The molecule has 0 amide bonds. The van der Waals surface area contributed by atoms with Gasteiger partial charge in [-0.2, -0.15) is 0 Å². The molecular weight excluding hydrogens is 322 g/mol. The van der Waals surface area contributed by atoms with Gasteiger partial charge < -0.3 is 9.47 Å². The highest BCUT2D eigenvalue weighted by Crippen LogP contribution is 2.26. The van der Waals surface area contributed by atoms with Crippen molar-refractivity contribution in [1.29, 1.82) is 0 Å². The molecule has 0 fully saturated rings. The highest BCUT2D eigenvalue weighted by atomic mass is 32.2. The maximum atomic E-state index is 12.4. The van der Waals surface area contributed by atoms with E-state index in [-0.39, 0.29) is 17.5 Å². The Balaban J connectivity index is 2.15. The van der Waals surface area contributed by atoms with Crippen molar-refractivity contribution in [1.82, 2.24) is 4.72 Å². The molecule has 22 heavy (non-hydrogen) atoms. The first-order valence-corrected chi connectivity index (χ1v) is 8.99. The fraction of sp³-hybridized carbons (Fsp3) is 0.333. The summed E-state index contributed by atoms with van der Waals surface area (Å²) < 4.78 is 37.9. The van der Waals surface area contributed by atoms with Crippen molar-refractivity contribution < 1.29 is 17.9 Å². The van der Waals surface area contributed by atoms with E-state index in [2.05, 4.69) is 4.72 Å². The molecule has 1 aromatic carbocycles. The Morgan fingerprint density at radius 3 is 2.50 bits per heavy atom. The molecule has 7 heteroatoms. The van der Waals surface area contributed by atoms with Crippen LogP contribution in [0.2, 0.25) is 0 Å². The number of para-hydroxylation sites is 1. The van der Waals surface area contributed by atoms with E-state index in [4.69, 9.17) is 9.47 Å². The minimum atomic E-state index is -3.66. The molecule has 0 radical (unpaired) electrons. The first-order chi connectivity index (χ1) is 10.5. The third kappa shape index (κ3) is 3.86. The normalized spacial score (nSPS) is 13.0.